The van der Waals surface area contributed by atoms with E-state index in [0.717, 1.165) is 4.88 Å². The minimum Gasteiger partial charge on any atom is -0.486 e. The molecule has 3 aromatic rings. The molecule has 112 valence electrons. The Kier molecular flexibility index (Phi) is 4.13. The number of aromatic nitrogens is 1. The van der Waals surface area contributed by atoms with Gasteiger partial charge in [-0.1, -0.05) is 22.8 Å². The van der Waals surface area contributed by atoms with Crippen LogP contribution in [0.2, 0.25) is 5.02 Å². The van der Waals surface area contributed by atoms with Gasteiger partial charge in [-0.25, -0.2) is 0 Å². The summed E-state index contributed by atoms with van der Waals surface area (Å²) in [6, 6.07) is 10.3. The Balaban J connectivity index is 1.76. The first-order valence-corrected chi connectivity index (χ1v) is 7.61. The lowest BCUT2D eigenvalue weighted by molar-refractivity contribution is 0.0996. The summed E-state index contributed by atoms with van der Waals surface area (Å²) in [5, 5.41) is 6.36. The highest BCUT2D eigenvalue weighted by Crippen LogP contribution is 2.27. The maximum absolute atomic E-state index is 11.4. The van der Waals surface area contributed by atoms with E-state index in [2.05, 4.69) is 5.16 Å². The number of nitrogens with zero attached hydrogens (tertiary/aromatic N) is 1. The average molecular weight is 335 g/mol. The standard InChI is InChI=1S/C15H11ClN2O3S/c16-9-3-4-11(15(17)19)12(6-9)20-8-10-7-13(21-18-10)14-2-1-5-22-14/h1-7H,8H2,(H2,17,19). The van der Waals surface area contributed by atoms with E-state index in [4.69, 9.17) is 26.6 Å². The van der Waals surface area contributed by atoms with Crippen molar-refractivity contribution < 1.29 is 14.1 Å². The molecule has 0 fully saturated rings. The van der Waals surface area contributed by atoms with Crippen LogP contribution in [0.15, 0.2) is 46.3 Å². The summed E-state index contributed by atoms with van der Waals surface area (Å²) in [6.07, 6.45) is 0. The number of rotatable bonds is 5. The van der Waals surface area contributed by atoms with Crippen LogP contribution in [-0.2, 0) is 6.61 Å². The molecule has 0 aliphatic heterocycles. The highest BCUT2D eigenvalue weighted by atomic mass is 35.5. The molecular weight excluding hydrogens is 324 g/mol. The predicted molar refractivity (Wildman–Crippen MR) is 84.1 cm³/mol. The number of benzene rings is 1. The molecule has 2 heterocycles. The molecule has 0 atom stereocenters. The Labute approximate surface area is 135 Å². The van der Waals surface area contributed by atoms with Crippen LogP contribution in [-0.4, -0.2) is 11.1 Å². The quantitative estimate of drug-likeness (QED) is 0.771. The number of amides is 1. The molecule has 0 saturated heterocycles. The molecule has 0 bridgehead atoms. The van der Waals surface area contributed by atoms with E-state index in [9.17, 15) is 4.79 Å². The van der Waals surface area contributed by atoms with Crippen molar-refractivity contribution in [3.8, 4) is 16.4 Å². The van der Waals surface area contributed by atoms with Crippen molar-refractivity contribution in [2.45, 2.75) is 6.61 Å². The number of nitrogens with two attached hydrogens (primary N) is 1. The molecule has 22 heavy (non-hydrogen) atoms. The molecule has 2 aromatic heterocycles. The first kappa shape index (κ1) is 14.6. The second kappa shape index (κ2) is 6.21. The van der Waals surface area contributed by atoms with E-state index < -0.39 is 5.91 Å². The van der Waals surface area contributed by atoms with Gasteiger partial charge in [0.05, 0.1) is 10.4 Å². The highest BCUT2D eigenvalue weighted by Gasteiger charge is 2.12. The Morgan fingerprint density at radius 2 is 2.23 bits per heavy atom. The Morgan fingerprint density at radius 1 is 1.36 bits per heavy atom. The molecule has 3 rings (SSSR count). The molecule has 0 radical (unpaired) electrons. The molecular formula is C15H11ClN2O3S. The smallest absolute Gasteiger partial charge is 0.252 e. The molecule has 0 spiro atoms. The van der Waals surface area contributed by atoms with Gasteiger partial charge >= 0.3 is 0 Å². The summed E-state index contributed by atoms with van der Waals surface area (Å²) in [6.45, 7) is 0.148. The van der Waals surface area contributed by atoms with Gasteiger partial charge in [0, 0.05) is 11.1 Å². The minimum absolute atomic E-state index is 0.148. The Hall–Kier alpha value is -2.31. The number of hydrogen-bond donors (Lipinski definition) is 1. The maximum atomic E-state index is 11.4. The fourth-order valence-corrected chi connectivity index (χ4v) is 2.72. The van der Waals surface area contributed by atoms with Crippen LogP contribution < -0.4 is 10.5 Å². The zero-order valence-corrected chi connectivity index (χ0v) is 12.9. The van der Waals surface area contributed by atoms with Gasteiger partial charge in [0.15, 0.2) is 5.76 Å². The van der Waals surface area contributed by atoms with E-state index in [1.165, 1.54) is 6.07 Å². The Morgan fingerprint density at radius 3 is 2.95 bits per heavy atom. The number of primary amides is 1. The van der Waals surface area contributed by atoms with E-state index in [1.54, 1.807) is 29.5 Å². The topological polar surface area (TPSA) is 78.4 Å². The largest absolute Gasteiger partial charge is 0.486 e. The van der Waals surface area contributed by atoms with E-state index in [-0.39, 0.29) is 12.2 Å². The Bertz CT molecular complexity index is 799. The summed E-state index contributed by atoms with van der Waals surface area (Å²) >= 11 is 7.47. The van der Waals surface area contributed by atoms with Crippen molar-refractivity contribution in [2.24, 2.45) is 5.73 Å². The van der Waals surface area contributed by atoms with Crippen molar-refractivity contribution in [3.63, 3.8) is 0 Å². The molecule has 7 heteroatoms. The number of carbonyl (C=O) groups is 1. The summed E-state index contributed by atoms with van der Waals surface area (Å²) in [4.78, 5) is 12.4. The van der Waals surface area contributed by atoms with Crippen molar-refractivity contribution in [3.05, 3.63) is 58.1 Å². The number of thiophene rings is 1. The van der Waals surface area contributed by atoms with Gasteiger partial charge in [-0.2, -0.15) is 0 Å². The third-order valence-corrected chi connectivity index (χ3v) is 4.03. The van der Waals surface area contributed by atoms with Crippen molar-refractivity contribution in [1.29, 1.82) is 0 Å². The molecule has 5 nitrogen and oxygen atoms in total. The summed E-state index contributed by atoms with van der Waals surface area (Å²) in [7, 11) is 0. The van der Waals surface area contributed by atoms with Crippen molar-refractivity contribution >= 4 is 28.8 Å². The van der Waals surface area contributed by atoms with Gasteiger partial charge < -0.3 is 15.0 Å². The van der Waals surface area contributed by atoms with Crippen LogP contribution in [0.3, 0.4) is 0 Å². The molecule has 0 unspecified atom stereocenters. The predicted octanol–water partition coefficient (Wildman–Crippen LogP) is 3.73. The van der Waals surface area contributed by atoms with Gasteiger partial charge in [-0.05, 0) is 29.6 Å². The SMILES string of the molecule is NC(=O)c1ccc(Cl)cc1OCc1cc(-c2cccs2)on1. The van der Waals surface area contributed by atoms with Gasteiger partial charge in [0.2, 0.25) is 0 Å². The molecule has 1 aromatic carbocycles. The van der Waals surface area contributed by atoms with Gasteiger partial charge in [-0.15, -0.1) is 11.3 Å². The monoisotopic (exact) mass is 334 g/mol. The molecule has 2 N–H and O–H groups in total. The van der Waals surface area contributed by atoms with Crippen molar-refractivity contribution in [1.82, 2.24) is 5.16 Å². The van der Waals surface area contributed by atoms with Gasteiger partial charge in [0.25, 0.3) is 5.91 Å². The van der Waals surface area contributed by atoms with Gasteiger partial charge in [0.1, 0.15) is 18.1 Å². The lowest BCUT2D eigenvalue weighted by atomic mass is 10.2. The first-order chi connectivity index (χ1) is 10.6. The fraction of sp³-hybridized carbons (Fsp3) is 0.0667. The number of halogens is 1. The van der Waals surface area contributed by atoms with Crippen LogP contribution in [0.25, 0.3) is 10.6 Å². The number of ether oxygens (including phenoxy) is 1. The normalized spacial score (nSPS) is 10.6. The fourth-order valence-electron chi connectivity index (χ4n) is 1.89. The van der Waals surface area contributed by atoms with E-state index in [0.29, 0.717) is 22.2 Å². The second-order valence-corrected chi connectivity index (χ2v) is 5.84. The molecule has 1 amide bonds. The van der Waals surface area contributed by atoms with E-state index >= 15 is 0 Å². The molecule has 0 aliphatic carbocycles. The second-order valence-electron chi connectivity index (χ2n) is 4.45. The molecule has 0 aliphatic rings. The zero-order valence-electron chi connectivity index (χ0n) is 11.3. The van der Waals surface area contributed by atoms with Crippen LogP contribution >= 0.6 is 22.9 Å². The van der Waals surface area contributed by atoms with Crippen LogP contribution in [0, 0.1) is 0 Å². The lowest BCUT2D eigenvalue weighted by Gasteiger charge is -2.08. The first-order valence-electron chi connectivity index (χ1n) is 6.35. The van der Waals surface area contributed by atoms with Gasteiger partial charge in [-0.3, -0.25) is 4.79 Å². The summed E-state index contributed by atoms with van der Waals surface area (Å²) < 4.78 is 10.9. The third-order valence-electron chi connectivity index (χ3n) is 2.91. The maximum Gasteiger partial charge on any atom is 0.252 e. The zero-order chi connectivity index (χ0) is 15.5. The minimum atomic E-state index is -0.578. The van der Waals surface area contributed by atoms with Crippen LogP contribution in [0.1, 0.15) is 16.1 Å². The number of carbonyl (C=O) groups excluding carboxylic acids is 1. The highest BCUT2D eigenvalue weighted by molar-refractivity contribution is 7.13. The van der Waals surface area contributed by atoms with E-state index in [1.807, 2.05) is 17.5 Å². The summed E-state index contributed by atoms with van der Waals surface area (Å²) in [5.41, 5.74) is 6.19. The van der Waals surface area contributed by atoms with Crippen LogP contribution in [0.4, 0.5) is 0 Å². The lowest BCUT2D eigenvalue weighted by Crippen LogP contribution is -2.13. The third kappa shape index (κ3) is 3.13. The van der Waals surface area contributed by atoms with Crippen LogP contribution in [0.5, 0.6) is 5.75 Å². The average Bonchev–Trinajstić information content (AvgIpc) is 3.16. The number of hydrogen-bond acceptors (Lipinski definition) is 5. The van der Waals surface area contributed by atoms with Crippen molar-refractivity contribution in [2.75, 3.05) is 0 Å². The molecule has 0 saturated carbocycles. The summed E-state index contributed by atoms with van der Waals surface area (Å²) in [5.74, 6) is 0.418.